The Bertz CT molecular complexity index is 182. The second-order valence-corrected chi connectivity index (χ2v) is 5.83. The predicted molar refractivity (Wildman–Crippen MR) is 66.4 cm³/mol. The molecule has 15 heavy (non-hydrogen) atoms. The summed E-state index contributed by atoms with van der Waals surface area (Å²) in [4.78, 5) is 0. The van der Waals surface area contributed by atoms with E-state index in [1.165, 1.54) is 30.8 Å². The van der Waals surface area contributed by atoms with Gasteiger partial charge in [-0.1, -0.05) is 6.92 Å². The number of hydrogen-bond donors (Lipinski definition) is 1. The fourth-order valence-electron chi connectivity index (χ4n) is 2.73. The first-order valence-electron chi connectivity index (χ1n) is 6.29. The topological polar surface area (TPSA) is 21.3 Å². The molecular weight excluding hydrogens is 206 g/mol. The fraction of sp³-hybridized carbons (Fsp3) is 1.00. The zero-order chi connectivity index (χ0) is 10.5. The van der Waals surface area contributed by atoms with Crippen LogP contribution in [0.25, 0.3) is 0 Å². The average Bonchev–Trinajstić information content (AvgIpc) is 2.68. The number of rotatable bonds is 4. The quantitative estimate of drug-likeness (QED) is 0.798. The second kappa shape index (κ2) is 6.12. The highest BCUT2D eigenvalue weighted by molar-refractivity contribution is 7.99. The molecule has 0 saturated carbocycles. The molecular formula is C12H23NOS. The highest BCUT2D eigenvalue weighted by Gasteiger charge is 2.29. The number of nitrogens with one attached hydrogen (secondary N) is 1. The molecule has 2 heterocycles. The lowest BCUT2D eigenvalue weighted by Gasteiger charge is -2.27. The van der Waals surface area contributed by atoms with Crippen molar-refractivity contribution < 1.29 is 4.74 Å². The smallest absolute Gasteiger partial charge is 0.0468 e. The summed E-state index contributed by atoms with van der Waals surface area (Å²) in [7, 11) is 0. The van der Waals surface area contributed by atoms with Gasteiger partial charge in [0.15, 0.2) is 0 Å². The zero-order valence-electron chi connectivity index (χ0n) is 9.71. The van der Waals surface area contributed by atoms with Crippen LogP contribution < -0.4 is 5.32 Å². The number of thioether (sulfide) groups is 1. The molecule has 0 spiro atoms. The monoisotopic (exact) mass is 229 g/mol. The average molecular weight is 229 g/mol. The minimum atomic E-state index is 0.780. The van der Waals surface area contributed by atoms with Gasteiger partial charge in [0.2, 0.25) is 0 Å². The highest BCUT2D eigenvalue weighted by Crippen LogP contribution is 2.32. The zero-order valence-corrected chi connectivity index (χ0v) is 10.5. The Morgan fingerprint density at radius 3 is 2.80 bits per heavy atom. The maximum Gasteiger partial charge on any atom is 0.0468 e. The second-order valence-electron chi connectivity index (χ2n) is 4.75. The van der Waals surface area contributed by atoms with Crippen LogP contribution in [0.3, 0.4) is 0 Å². The lowest BCUT2D eigenvalue weighted by molar-refractivity contribution is 0.0584. The molecule has 2 aliphatic rings. The molecule has 3 heteroatoms. The van der Waals surface area contributed by atoms with Crippen molar-refractivity contribution >= 4 is 11.8 Å². The number of hydrogen-bond acceptors (Lipinski definition) is 3. The van der Waals surface area contributed by atoms with Gasteiger partial charge in [0.1, 0.15) is 0 Å². The van der Waals surface area contributed by atoms with Crippen LogP contribution in [0.4, 0.5) is 0 Å². The van der Waals surface area contributed by atoms with Crippen LogP contribution in [-0.2, 0) is 4.74 Å². The number of ether oxygens (including phenoxy) is 1. The predicted octanol–water partition coefficient (Wildman–Crippen LogP) is 2.14. The van der Waals surface area contributed by atoms with Gasteiger partial charge in [-0.25, -0.2) is 0 Å². The molecule has 0 aromatic heterocycles. The van der Waals surface area contributed by atoms with E-state index in [1.807, 2.05) is 0 Å². The van der Waals surface area contributed by atoms with Crippen LogP contribution in [0.15, 0.2) is 0 Å². The molecule has 0 radical (unpaired) electrons. The molecule has 2 nitrogen and oxygen atoms in total. The molecule has 2 aliphatic heterocycles. The van der Waals surface area contributed by atoms with Gasteiger partial charge in [-0.3, -0.25) is 0 Å². The van der Waals surface area contributed by atoms with Crippen molar-refractivity contribution in [2.24, 2.45) is 11.8 Å². The van der Waals surface area contributed by atoms with Crippen molar-refractivity contribution in [2.45, 2.75) is 32.2 Å². The third-order valence-electron chi connectivity index (χ3n) is 3.64. The third-order valence-corrected chi connectivity index (χ3v) is 4.90. The minimum Gasteiger partial charge on any atom is -0.381 e. The molecule has 2 unspecified atom stereocenters. The van der Waals surface area contributed by atoms with Crippen LogP contribution in [0.2, 0.25) is 0 Å². The van der Waals surface area contributed by atoms with Crippen molar-refractivity contribution in [3.63, 3.8) is 0 Å². The van der Waals surface area contributed by atoms with E-state index in [0.29, 0.717) is 0 Å². The molecule has 2 saturated heterocycles. The molecule has 2 fully saturated rings. The summed E-state index contributed by atoms with van der Waals surface area (Å²) in [6, 6.07) is 0.780. The third kappa shape index (κ3) is 3.36. The summed E-state index contributed by atoms with van der Waals surface area (Å²) in [5.74, 6) is 4.54. The van der Waals surface area contributed by atoms with Gasteiger partial charge in [0, 0.05) is 25.0 Å². The summed E-state index contributed by atoms with van der Waals surface area (Å²) >= 11 is 2.13. The van der Waals surface area contributed by atoms with E-state index in [2.05, 4.69) is 24.0 Å². The SMILES string of the molecule is CCNC1CSCC1CC1CCOCC1. The summed E-state index contributed by atoms with van der Waals surface area (Å²) in [6.07, 6.45) is 4.01. The summed E-state index contributed by atoms with van der Waals surface area (Å²) in [5, 5.41) is 3.63. The van der Waals surface area contributed by atoms with Gasteiger partial charge in [0.05, 0.1) is 0 Å². The van der Waals surface area contributed by atoms with E-state index >= 15 is 0 Å². The van der Waals surface area contributed by atoms with Gasteiger partial charge >= 0.3 is 0 Å². The Morgan fingerprint density at radius 2 is 2.07 bits per heavy atom. The van der Waals surface area contributed by atoms with E-state index in [0.717, 1.165) is 37.6 Å². The summed E-state index contributed by atoms with van der Waals surface area (Å²) in [6.45, 7) is 5.33. The van der Waals surface area contributed by atoms with Crippen molar-refractivity contribution in [1.29, 1.82) is 0 Å². The Balaban J connectivity index is 1.76. The van der Waals surface area contributed by atoms with Crippen LogP contribution in [-0.4, -0.2) is 37.3 Å². The molecule has 88 valence electrons. The van der Waals surface area contributed by atoms with E-state index in [9.17, 15) is 0 Å². The van der Waals surface area contributed by atoms with Gasteiger partial charge < -0.3 is 10.1 Å². The molecule has 1 N–H and O–H groups in total. The maximum atomic E-state index is 5.42. The van der Waals surface area contributed by atoms with Gasteiger partial charge in [-0.2, -0.15) is 11.8 Å². The maximum absolute atomic E-state index is 5.42. The molecule has 2 atom stereocenters. The first-order valence-corrected chi connectivity index (χ1v) is 7.44. The van der Waals surface area contributed by atoms with Crippen molar-refractivity contribution in [1.82, 2.24) is 5.32 Å². The largest absolute Gasteiger partial charge is 0.381 e. The van der Waals surface area contributed by atoms with Crippen LogP contribution in [0, 0.1) is 11.8 Å². The Labute approximate surface area is 97.5 Å². The van der Waals surface area contributed by atoms with Gasteiger partial charge in [0.25, 0.3) is 0 Å². The lowest BCUT2D eigenvalue weighted by Crippen LogP contribution is -2.36. The van der Waals surface area contributed by atoms with E-state index < -0.39 is 0 Å². The van der Waals surface area contributed by atoms with Gasteiger partial charge in [-0.05, 0) is 43.4 Å². The van der Waals surface area contributed by atoms with E-state index in [4.69, 9.17) is 4.74 Å². The Hall–Kier alpha value is 0.270. The Kier molecular flexibility index (Phi) is 4.79. The highest BCUT2D eigenvalue weighted by atomic mass is 32.2. The molecule has 0 amide bonds. The van der Waals surface area contributed by atoms with Crippen molar-refractivity contribution in [3.05, 3.63) is 0 Å². The fourth-order valence-corrected chi connectivity index (χ4v) is 4.18. The molecule has 0 aromatic carbocycles. The van der Waals surface area contributed by atoms with Gasteiger partial charge in [-0.15, -0.1) is 0 Å². The summed E-state index contributed by atoms with van der Waals surface area (Å²) < 4.78 is 5.42. The lowest BCUT2D eigenvalue weighted by atomic mass is 9.86. The molecule has 2 rings (SSSR count). The van der Waals surface area contributed by atoms with Crippen LogP contribution in [0.1, 0.15) is 26.2 Å². The Morgan fingerprint density at radius 1 is 1.27 bits per heavy atom. The standard InChI is InChI=1S/C12H23NOS/c1-2-13-12-9-15-8-11(12)7-10-3-5-14-6-4-10/h10-13H,2-9H2,1H3. The molecule has 0 aliphatic carbocycles. The summed E-state index contributed by atoms with van der Waals surface area (Å²) in [5.41, 5.74) is 0. The van der Waals surface area contributed by atoms with E-state index in [-0.39, 0.29) is 0 Å². The van der Waals surface area contributed by atoms with E-state index in [1.54, 1.807) is 0 Å². The van der Waals surface area contributed by atoms with Crippen molar-refractivity contribution in [2.75, 3.05) is 31.3 Å². The van der Waals surface area contributed by atoms with Crippen LogP contribution in [0.5, 0.6) is 0 Å². The first kappa shape index (κ1) is 11.7. The molecule has 0 bridgehead atoms. The van der Waals surface area contributed by atoms with Crippen molar-refractivity contribution in [3.8, 4) is 0 Å². The normalized spacial score (nSPS) is 33.4. The molecule has 0 aromatic rings. The van der Waals surface area contributed by atoms with Crippen LogP contribution >= 0.6 is 11.8 Å². The minimum absolute atomic E-state index is 0.780. The first-order chi connectivity index (χ1) is 7.40.